The van der Waals surface area contributed by atoms with Crippen molar-refractivity contribution >= 4 is 29.1 Å². The summed E-state index contributed by atoms with van der Waals surface area (Å²) in [4.78, 5) is 14.6. The van der Waals surface area contributed by atoms with Gasteiger partial charge in [-0.2, -0.15) is 0 Å². The molecule has 1 atom stereocenters. The van der Waals surface area contributed by atoms with Crippen molar-refractivity contribution in [2.24, 2.45) is 11.8 Å². The number of rotatable bonds is 7. The van der Waals surface area contributed by atoms with Crippen molar-refractivity contribution in [2.75, 3.05) is 20.6 Å². The molecule has 1 amide bonds. The Labute approximate surface area is 184 Å². The first-order valence-electron chi connectivity index (χ1n) is 10.4. The number of halogens is 2. The van der Waals surface area contributed by atoms with Gasteiger partial charge in [0.2, 0.25) is 0 Å². The summed E-state index contributed by atoms with van der Waals surface area (Å²) in [6.07, 6.45) is 5.91. The lowest BCUT2D eigenvalue weighted by molar-refractivity contribution is 0.0947. The van der Waals surface area contributed by atoms with Gasteiger partial charge in [0.15, 0.2) is 0 Å². The van der Waals surface area contributed by atoms with E-state index in [0.717, 1.165) is 18.0 Å². The minimum atomic E-state index is -0.0448. The molecule has 3 nitrogen and oxygen atoms in total. The molecule has 0 saturated heterocycles. The zero-order valence-electron chi connectivity index (χ0n) is 17.2. The van der Waals surface area contributed by atoms with E-state index in [9.17, 15) is 4.79 Å². The molecule has 2 aromatic carbocycles. The van der Waals surface area contributed by atoms with Crippen LogP contribution in [0.1, 0.15) is 54.1 Å². The number of carbonyl (C=O) groups excluding carboxylic acids is 1. The van der Waals surface area contributed by atoms with Gasteiger partial charge in [-0.3, -0.25) is 4.79 Å². The lowest BCUT2D eigenvalue weighted by atomic mass is 9.75. The minimum Gasteiger partial charge on any atom is -0.352 e. The van der Waals surface area contributed by atoms with Gasteiger partial charge in [0, 0.05) is 28.2 Å². The number of nitrogens with zero attached hydrogens (tertiary/aromatic N) is 1. The van der Waals surface area contributed by atoms with Gasteiger partial charge in [-0.25, -0.2) is 0 Å². The second kappa shape index (κ2) is 10.5. The maximum absolute atomic E-state index is 12.3. The van der Waals surface area contributed by atoms with Crippen LogP contribution < -0.4 is 5.32 Å². The van der Waals surface area contributed by atoms with Gasteiger partial charge in [0.1, 0.15) is 0 Å². The molecule has 0 heterocycles. The fourth-order valence-corrected chi connectivity index (χ4v) is 4.88. The normalized spacial score (nSPS) is 20.4. The average Bonchev–Trinajstić information content (AvgIpc) is 2.70. The van der Waals surface area contributed by atoms with E-state index in [1.54, 1.807) is 24.3 Å². The van der Waals surface area contributed by atoms with Crippen molar-refractivity contribution in [2.45, 2.75) is 38.1 Å². The molecule has 1 unspecified atom stereocenters. The Kier molecular flexibility index (Phi) is 7.99. The van der Waals surface area contributed by atoms with E-state index >= 15 is 0 Å². The summed E-state index contributed by atoms with van der Waals surface area (Å²) in [5.41, 5.74) is 1.97. The molecule has 0 aromatic heterocycles. The monoisotopic (exact) mass is 432 g/mol. The molecule has 2 aromatic rings. The van der Waals surface area contributed by atoms with E-state index in [1.807, 2.05) is 12.1 Å². The van der Waals surface area contributed by atoms with Gasteiger partial charge >= 0.3 is 0 Å². The highest BCUT2D eigenvalue weighted by Crippen LogP contribution is 2.40. The largest absolute Gasteiger partial charge is 0.352 e. The van der Waals surface area contributed by atoms with Crippen molar-refractivity contribution in [3.63, 3.8) is 0 Å². The fourth-order valence-electron chi connectivity index (χ4n) is 4.57. The molecule has 0 bridgehead atoms. The molecule has 1 aliphatic carbocycles. The lowest BCUT2D eigenvalue weighted by Gasteiger charge is -2.37. The quantitative estimate of drug-likeness (QED) is 0.562. The van der Waals surface area contributed by atoms with Gasteiger partial charge < -0.3 is 10.2 Å². The van der Waals surface area contributed by atoms with E-state index in [4.69, 9.17) is 23.2 Å². The second-order valence-corrected chi connectivity index (χ2v) is 9.17. The van der Waals surface area contributed by atoms with Crippen molar-refractivity contribution in [1.29, 1.82) is 0 Å². The predicted molar refractivity (Wildman–Crippen MR) is 122 cm³/mol. The van der Waals surface area contributed by atoms with E-state index in [0.29, 0.717) is 28.5 Å². The van der Waals surface area contributed by atoms with Gasteiger partial charge in [-0.05, 0) is 81.1 Å². The van der Waals surface area contributed by atoms with E-state index in [2.05, 4.69) is 36.4 Å². The number of hydrogen-bond donors (Lipinski definition) is 1. The molecule has 29 heavy (non-hydrogen) atoms. The Hall–Kier alpha value is -1.55. The average molecular weight is 433 g/mol. The molecule has 156 valence electrons. The van der Waals surface area contributed by atoms with Gasteiger partial charge in [0.05, 0.1) is 0 Å². The Morgan fingerprint density at radius 2 is 1.72 bits per heavy atom. The first-order chi connectivity index (χ1) is 13.9. The molecular weight excluding hydrogens is 403 g/mol. The SMILES string of the molecule is CN(C)C(c1ccc(Cl)cc1)C1CCC(CCNC(=O)c2cccc(Cl)c2)CC1. The zero-order valence-corrected chi connectivity index (χ0v) is 18.7. The summed E-state index contributed by atoms with van der Waals surface area (Å²) in [6.45, 7) is 0.717. The highest BCUT2D eigenvalue weighted by Gasteiger charge is 2.29. The van der Waals surface area contributed by atoms with Crippen molar-refractivity contribution in [3.05, 3.63) is 69.7 Å². The number of carbonyl (C=O) groups is 1. The molecule has 5 heteroatoms. The summed E-state index contributed by atoms with van der Waals surface area (Å²) in [5.74, 6) is 1.29. The number of hydrogen-bond acceptors (Lipinski definition) is 2. The Morgan fingerprint density at radius 1 is 1.03 bits per heavy atom. The topological polar surface area (TPSA) is 32.3 Å². The van der Waals surface area contributed by atoms with Gasteiger partial charge in [0.25, 0.3) is 5.91 Å². The fraction of sp³-hybridized carbons (Fsp3) is 0.458. The maximum atomic E-state index is 12.3. The summed E-state index contributed by atoms with van der Waals surface area (Å²) in [7, 11) is 4.33. The third-order valence-electron chi connectivity index (χ3n) is 6.03. The molecule has 0 radical (unpaired) electrons. The standard InChI is InChI=1S/C24H30Cl2N2O/c1-28(2)23(19-10-12-21(25)13-11-19)18-8-6-17(7-9-18)14-15-27-24(29)20-4-3-5-22(26)16-20/h3-5,10-13,16-18,23H,6-9,14-15H2,1-2H3,(H,27,29). The molecule has 1 N–H and O–H groups in total. The molecule has 3 rings (SSSR count). The van der Waals surface area contributed by atoms with Crippen LogP contribution in [0.5, 0.6) is 0 Å². The highest BCUT2D eigenvalue weighted by atomic mass is 35.5. The third-order valence-corrected chi connectivity index (χ3v) is 6.52. The molecular formula is C24H30Cl2N2O. The van der Waals surface area contributed by atoms with Crippen molar-refractivity contribution < 1.29 is 4.79 Å². The zero-order chi connectivity index (χ0) is 20.8. The number of benzene rings is 2. The predicted octanol–water partition coefficient (Wildman–Crippen LogP) is 6.22. The smallest absolute Gasteiger partial charge is 0.251 e. The van der Waals surface area contributed by atoms with Crippen LogP contribution >= 0.6 is 23.2 Å². The van der Waals surface area contributed by atoms with Crippen LogP contribution in [0, 0.1) is 11.8 Å². The lowest BCUT2D eigenvalue weighted by Crippen LogP contribution is -2.31. The van der Waals surface area contributed by atoms with Crippen LogP contribution in [0.3, 0.4) is 0 Å². The summed E-state index contributed by atoms with van der Waals surface area (Å²) in [5, 5.41) is 4.42. The van der Waals surface area contributed by atoms with Gasteiger partial charge in [-0.15, -0.1) is 0 Å². The van der Waals surface area contributed by atoms with Crippen LogP contribution in [0.4, 0.5) is 0 Å². The van der Waals surface area contributed by atoms with Crippen molar-refractivity contribution in [1.82, 2.24) is 10.2 Å². The summed E-state index contributed by atoms with van der Waals surface area (Å²) in [6, 6.07) is 15.8. The molecule has 1 aliphatic rings. The minimum absolute atomic E-state index is 0.0448. The number of nitrogens with one attached hydrogen (secondary N) is 1. The molecule has 0 spiro atoms. The summed E-state index contributed by atoms with van der Waals surface area (Å²) >= 11 is 12.0. The highest BCUT2D eigenvalue weighted by molar-refractivity contribution is 6.31. The summed E-state index contributed by atoms with van der Waals surface area (Å²) < 4.78 is 0. The maximum Gasteiger partial charge on any atom is 0.251 e. The number of amides is 1. The Balaban J connectivity index is 1.47. The van der Waals surface area contributed by atoms with E-state index in [1.165, 1.54) is 31.2 Å². The Bertz CT molecular complexity index is 799. The molecule has 1 saturated carbocycles. The Morgan fingerprint density at radius 3 is 2.34 bits per heavy atom. The first kappa shape index (κ1) is 22.1. The van der Waals surface area contributed by atoms with Crippen LogP contribution in [0.15, 0.2) is 48.5 Å². The first-order valence-corrected chi connectivity index (χ1v) is 11.2. The van der Waals surface area contributed by atoms with Crippen LogP contribution in [-0.2, 0) is 0 Å². The third kappa shape index (κ3) is 6.21. The van der Waals surface area contributed by atoms with Crippen LogP contribution in [-0.4, -0.2) is 31.4 Å². The molecule has 0 aliphatic heterocycles. The second-order valence-electron chi connectivity index (χ2n) is 8.30. The van der Waals surface area contributed by atoms with Crippen LogP contribution in [0.25, 0.3) is 0 Å². The van der Waals surface area contributed by atoms with E-state index in [-0.39, 0.29) is 5.91 Å². The van der Waals surface area contributed by atoms with Crippen LogP contribution in [0.2, 0.25) is 10.0 Å². The van der Waals surface area contributed by atoms with Gasteiger partial charge in [-0.1, -0.05) is 54.2 Å². The molecule has 1 fully saturated rings. The van der Waals surface area contributed by atoms with E-state index < -0.39 is 0 Å². The van der Waals surface area contributed by atoms with Crippen molar-refractivity contribution in [3.8, 4) is 0 Å².